The molecule has 0 aliphatic carbocycles. The lowest BCUT2D eigenvalue weighted by Crippen LogP contribution is -2.48. The lowest BCUT2D eigenvalue weighted by molar-refractivity contribution is -0.128. The molecule has 0 aromatic heterocycles. The molecule has 0 spiro atoms. The van der Waals surface area contributed by atoms with Crippen LogP contribution in [-0.4, -0.2) is 49.5 Å². The summed E-state index contributed by atoms with van der Waals surface area (Å²) >= 11 is 0. The molecule has 6 nitrogen and oxygen atoms in total. The Bertz CT molecular complexity index is 955. The van der Waals surface area contributed by atoms with E-state index < -0.39 is 0 Å². The van der Waals surface area contributed by atoms with Crippen molar-refractivity contribution in [3.05, 3.63) is 65.5 Å². The molecular formula is C25H32FN5O. The number of likely N-dealkylation sites (tertiary alicyclic amines) is 1. The molecule has 2 aromatic rings. The number of benzene rings is 2. The first-order chi connectivity index (χ1) is 15.6. The Morgan fingerprint density at radius 1 is 1.09 bits per heavy atom. The van der Waals surface area contributed by atoms with Crippen molar-refractivity contribution >= 4 is 17.6 Å². The fraction of sp³-hybridized carbons (Fsp3) is 0.440. The van der Waals surface area contributed by atoms with Crippen molar-refractivity contribution in [3.63, 3.8) is 0 Å². The molecule has 2 fully saturated rings. The molecule has 0 bridgehead atoms. The van der Waals surface area contributed by atoms with E-state index in [1.165, 1.54) is 6.07 Å². The van der Waals surface area contributed by atoms with Gasteiger partial charge >= 0.3 is 0 Å². The maximum absolute atomic E-state index is 13.5. The van der Waals surface area contributed by atoms with Crippen molar-refractivity contribution in [1.29, 1.82) is 0 Å². The standard InChI is InChI=1S/C25H32FN5O/c1-27-25(29-22-10-13-30(14-11-22)23-8-3-7-21(26)16-23)28-17-19-5-2-6-20(15-19)18-31-12-4-9-24(31)32/h2-3,5-8,15-16,22H,4,9-14,17-18H2,1H3,(H2,27,28,29). The van der Waals surface area contributed by atoms with Crippen LogP contribution in [0.5, 0.6) is 0 Å². The quantitative estimate of drug-likeness (QED) is 0.538. The molecule has 2 N–H and O–H groups in total. The van der Waals surface area contributed by atoms with E-state index in [2.05, 4.69) is 38.7 Å². The molecule has 2 aromatic carbocycles. The van der Waals surface area contributed by atoms with E-state index in [1.807, 2.05) is 17.0 Å². The molecule has 2 heterocycles. The van der Waals surface area contributed by atoms with E-state index in [-0.39, 0.29) is 11.7 Å². The van der Waals surface area contributed by atoms with Crippen molar-refractivity contribution in [1.82, 2.24) is 15.5 Å². The van der Waals surface area contributed by atoms with E-state index in [1.54, 1.807) is 19.2 Å². The van der Waals surface area contributed by atoms with Crippen LogP contribution >= 0.6 is 0 Å². The van der Waals surface area contributed by atoms with Crippen LogP contribution in [0.15, 0.2) is 53.5 Å². The van der Waals surface area contributed by atoms with Crippen LogP contribution in [-0.2, 0) is 17.9 Å². The molecular weight excluding hydrogens is 405 g/mol. The lowest BCUT2D eigenvalue weighted by atomic mass is 10.0. The van der Waals surface area contributed by atoms with Crippen molar-refractivity contribution in [3.8, 4) is 0 Å². The van der Waals surface area contributed by atoms with Gasteiger partial charge < -0.3 is 20.4 Å². The summed E-state index contributed by atoms with van der Waals surface area (Å²) in [7, 11) is 1.78. The fourth-order valence-electron chi connectivity index (χ4n) is 4.46. The number of guanidine groups is 1. The topological polar surface area (TPSA) is 60.0 Å². The number of aliphatic imine (C=N–C) groups is 1. The molecule has 0 unspecified atom stereocenters. The molecule has 0 radical (unpaired) electrons. The summed E-state index contributed by atoms with van der Waals surface area (Å²) in [6, 6.07) is 15.5. The Morgan fingerprint density at radius 2 is 1.88 bits per heavy atom. The summed E-state index contributed by atoms with van der Waals surface area (Å²) < 4.78 is 13.5. The number of piperidine rings is 1. The predicted molar refractivity (Wildman–Crippen MR) is 126 cm³/mol. The zero-order valence-electron chi connectivity index (χ0n) is 18.7. The molecule has 4 rings (SSSR count). The Kier molecular flexibility index (Phi) is 7.24. The van der Waals surface area contributed by atoms with Crippen LogP contribution in [0.2, 0.25) is 0 Å². The zero-order valence-corrected chi connectivity index (χ0v) is 18.7. The Morgan fingerprint density at radius 3 is 2.59 bits per heavy atom. The molecule has 2 saturated heterocycles. The number of hydrogen-bond donors (Lipinski definition) is 2. The number of nitrogens with zero attached hydrogens (tertiary/aromatic N) is 3. The average molecular weight is 438 g/mol. The number of rotatable bonds is 6. The van der Waals surface area contributed by atoms with Crippen LogP contribution in [0.1, 0.15) is 36.8 Å². The molecule has 7 heteroatoms. The first-order valence-corrected chi connectivity index (χ1v) is 11.4. The minimum atomic E-state index is -0.191. The largest absolute Gasteiger partial charge is 0.371 e. The highest BCUT2D eigenvalue weighted by Gasteiger charge is 2.21. The number of nitrogens with one attached hydrogen (secondary N) is 2. The minimum Gasteiger partial charge on any atom is -0.371 e. The van der Waals surface area contributed by atoms with Gasteiger partial charge in [-0.05, 0) is 48.6 Å². The molecule has 0 saturated carbocycles. The minimum absolute atomic E-state index is 0.191. The lowest BCUT2D eigenvalue weighted by Gasteiger charge is -2.34. The van der Waals surface area contributed by atoms with Crippen LogP contribution in [0.4, 0.5) is 10.1 Å². The summed E-state index contributed by atoms with van der Waals surface area (Å²) in [6.07, 6.45) is 3.57. The van der Waals surface area contributed by atoms with Crippen molar-refractivity contribution in [2.24, 2.45) is 4.99 Å². The van der Waals surface area contributed by atoms with Crippen molar-refractivity contribution < 1.29 is 9.18 Å². The normalized spacial score (nSPS) is 17.7. The smallest absolute Gasteiger partial charge is 0.222 e. The molecule has 1 amide bonds. The van der Waals surface area contributed by atoms with Gasteiger partial charge in [-0.2, -0.15) is 0 Å². The Balaban J connectivity index is 1.25. The Labute approximate surface area is 189 Å². The summed E-state index contributed by atoms with van der Waals surface area (Å²) in [5.74, 6) is 0.847. The van der Waals surface area contributed by atoms with E-state index >= 15 is 0 Å². The van der Waals surface area contributed by atoms with Gasteiger partial charge in [-0.15, -0.1) is 0 Å². The van der Waals surface area contributed by atoms with Gasteiger partial charge in [0.25, 0.3) is 0 Å². The number of anilines is 1. The summed E-state index contributed by atoms with van der Waals surface area (Å²) in [5.41, 5.74) is 3.27. The van der Waals surface area contributed by atoms with Crippen LogP contribution in [0, 0.1) is 5.82 Å². The average Bonchev–Trinajstić information content (AvgIpc) is 3.21. The van der Waals surface area contributed by atoms with Gasteiger partial charge in [-0.3, -0.25) is 9.79 Å². The molecule has 0 atom stereocenters. The number of carbonyl (C=O) groups is 1. The third kappa shape index (κ3) is 5.78. The maximum atomic E-state index is 13.5. The van der Waals surface area contributed by atoms with Crippen molar-refractivity contribution in [2.45, 2.75) is 44.8 Å². The second-order valence-electron chi connectivity index (χ2n) is 8.55. The number of halogens is 1. The number of hydrogen-bond acceptors (Lipinski definition) is 3. The number of amides is 1. The van der Waals surface area contributed by atoms with Gasteiger partial charge in [0.15, 0.2) is 5.96 Å². The van der Waals surface area contributed by atoms with E-state index in [0.29, 0.717) is 25.6 Å². The summed E-state index contributed by atoms with van der Waals surface area (Å²) in [5, 5.41) is 6.93. The zero-order chi connectivity index (χ0) is 22.3. The predicted octanol–water partition coefficient (Wildman–Crippen LogP) is 3.28. The summed E-state index contributed by atoms with van der Waals surface area (Å²) in [6.45, 7) is 3.98. The summed E-state index contributed by atoms with van der Waals surface area (Å²) in [4.78, 5) is 20.4. The molecule has 32 heavy (non-hydrogen) atoms. The second-order valence-corrected chi connectivity index (χ2v) is 8.55. The SMILES string of the molecule is CN=C(NCc1cccc(CN2CCCC2=O)c1)NC1CCN(c2cccc(F)c2)CC1. The van der Waals surface area contributed by atoms with Gasteiger partial charge in [-0.1, -0.05) is 30.3 Å². The van der Waals surface area contributed by atoms with Gasteiger partial charge in [0.05, 0.1) is 0 Å². The number of carbonyl (C=O) groups excluding carboxylic acids is 1. The third-order valence-electron chi connectivity index (χ3n) is 6.23. The van der Waals surface area contributed by atoms with Crippen LogP contribution in [0.3, 0.4) is 0 Å². The molecule has 2 aliphatic rings. The van der Waals surface area contributed by atoms with Gasteiger partial charge in [0, 0.05) is 57.9 Å². The first kappa shape index (κ1) is 22.1. The highest BCUT2D eigenvalue weighted by atomic mass is 19.1. The van der Waals surface area contributed by atoms with Crippen LogP contribution in [0.25, 0.3) is 0 Å². The van der Waals surface area contributed by atoms with Crippen molar-refractivity contribution in [2.75, 3.05) is 31.6 Å². The molecule has 170 valence electrons. The highest BCUT2D eigenvalue weighted by Crippen LogP contribution is 2.21. The molecule has 2 aliphatic heterocycles. The maximum Gasteiger partial charge on any atom is 0.222 e. The van der Waals surface area contributed by atoms with E-state index in [9.17, 15) is 9.18 Å². The highest BCUT2D eigenvalue weighted by molar-refractivity contribution is 5.80. The van der Waals surface area contributed by atoms with Gasteiger partial charge in [0.1, 0.15) is 5.82 Å². The van der Waals surface area contributed by atoms with Gasteiger partial charge in [0.2, 0.25) is 5.91 Å². The Hall–Kier alpha value is -3.09. The first-order valence-electron chi connectivity index (χ1n) is 11.4. The van der Waals surface area contributed by atoms with E-state index in [4.69, 9.17) is 0 Å². The fourth-order valence-corrected chi connectivity index (χ4v) is 4.46. The second kappa shape index (κ2) is 10.5. The van der Waals surface area contributed by atoms with Crippen LogP contribution < -0.4 is 15.5 Å². The van der Waals surface area contributed by atoms with E-state index in [0.717, 1.165) is 61.7 Å². The third-order valence-corrected chi connectivity index (χ3v) is 6.23. The van der Waals surface area contributed by atoms with Gasteiger partial charge in [-0.25, -0.2) is 4.39 Å². The monoisotopic (exact) mass is 437 g/mol.